The van der Waals surface area contributed by atoms with Crippen molar-refractivity contribution >= 4 is 0 Å². The fourth-order valence-electron chi connectivity index (χ4n) is 0.963. The average Bonchev–Trinajstić information content (AvgIpc) is 2.19. The number of rotatable bonds is 9. The van der Waals surface area contributed by atoms with E-state index in [1.165, 1.54) is 0 Å². The van der Waals surface area contributed by atoms with Crippen LogP contribution in [-0.4, -0.2) is 26.3 Å². The van der Waals surface area contributed by atoms with Gasteiger partial charge in [-0.15, -0.1) is 0 Å². The predicted octanol–water partition coefficient (Wildman–Crippen LogP) is 2.94. The van der Waals surface area contributed by atoms with E-state index < -0.39 is 5.97 Å². The number of ether oxygens (including phenoxy) is 3. The highest BCUT2D eigenvalue weighted by atomic mass is 16.9. The molecule has 14 heavy (non-hydrogen) atoms. The Hall–Kier alpha value is -0.120. The Bertz CT molecular complexity index is 116. The minimum absolute atomic E-state index is 0.687. The monoisotopic (exact) mass is 204 g/mol. The summed E-state index contributed by atoms with van der Waals surface area (Å²) < 4.78 is 16.2. The molecule has 0 aromatic rings. The normalized spacial score (nSPS) is 12.0. The van der Waals surface area contributed by atoms with Crippen molar-refractivity contribution in [2.45, 2.75) is 52.4 Å². The summed E-state index contributed by atoms with van der Waals surface area (Å²) in [4.78, 5) is 0. The van der Waals surface area contributed by atoms with E-state index in [0.717, 1.165) is 25.7 Å². The molecule has 0 aromatic carbocycles. The Balaban J connectivity index is 3.67. The van der Waals surface area contributed by atoms with Crippen molar-refractivity contribution in [3.8, 4) is 0 Å². The molecular formula is C11H24O3. The third-order valence-corrected chi connectivity index (χ3v) is 2.10. The van der Waals surface area contributed by atoms with Crippen LogP contribution in [0.15, 0.2) is 0 Å². The summed E-state index contributed by atoms with van der Waals surface area (Å²) in [5, 5.41) is 0. The summed E-state index contributed by atoms with van der Waals surface area (Å²) in [6.45, 7) is 7.45. The van der Waals surface area contributed by atoms with Gasteiger partial charge in [0, 0.05) is 14.0 Å². The Morgan fingerprint density at radius 3 is 1.64 bits per heavy atom. The molecule has 0 aliphatic heterocycles. The highest BCUT2D eigenvalue weighted by molar-refractivity contribution is 4.47. The van der Waals surface area contributed by atoms with Gasteiger partial charge in [-0.2, -0.15) is 0 Å². The van der Waals surface area contributed by atoms with Gasteiger partial charge in [0.2, 0.25) is 0 Å². The van der Waals surface area contributed by atoms with Gasteiger partial charge < -0.3 is 14.2 Å². The Kier molecular flexibility index (Phi) is 8.14. The first-order chi connectivity index (χ1) is 6.68. The lowest BCUT2D eigenvalue weighted by Gasteiger charge is -2.27. The van der Waals surface area contributed by atoms with Crippen LogP contribution in [0.5, 0.6) is 0 Å². The first kappa shape index (κ1) is 13.9. The lowest BCUT2D eigenvalue weighted by atomic mass is 10.3. The average molecular weight is 204 g/mol. The second kappa shape index (κ2) is 8.21. The Labute approximate surface area is 87.7 Å². The van der Waals surface area contributed by atoms with E-state index in [9.17, 15) is 0 Å². The highest BCUT2D eigenvalue weighted by Gasteiger charge is 2.24. The summed E-state index contributed by atoms with van der Waals surface area (Å²) in [5.74, 6) is -0.857. The molecule has 0 aromatic heterocycles. The topological polar surface area (TPSA) is 27.7 Å². The fourth-order valence-corrected chi connectivity index (χ4v) is 0.963. The third-order valence-electron chi connectivity index (χ3n) is 2.10. The number of hydrogen-bond acceptors (Lipinski definition) is 3. The Morgan fingerprint density at radius 1 is 0.929 bits per heavy atom. The van der Waals surface area contributed by atoms with Crippen molar-refractivity contribution in [2.75, 3.05) is 20.3 Å². The second-order valence-corrected chi connectivity index (χ2v) is 3.47. The number of hydrogen-bond donors (Lipinski definition) is 0. The molecule has 0 unspecified atom stereocenters. The molecule has 0 radical (unpaired) electrons. The minimum atomic E-state index is -0.857. The molecule has 0 aliphatic rings. The van der Waals surface area contributed by atoms with Gasteiger partial charge in [0.1, 0.15) is 0 Å². The third kappa shape index (κ3) is 6.35. The maximum absolute atomic E-state index is 5.52. The molecule has 0 bridgehead atoms. The van der Waals surface area contributed by atoms with Crippen LogP contribution < -0.4 is 0 Å². The molecule has 3 nitrogen and oxygen atoms in total. The molecule has 0 rings (SSSR count). The molecule has 0 amide bonds. The zero-order chi connectivity index (χ0) is 10.9. The molecule has 0 fully saturated rings. The zero-order valence-electron chi connectivity index (χ0n) is 9.97. The van der Waals surface area contributed by atoms with Crippen molar-refractivity contribution in [2.24, 2.45) is 0 Å². The molecule has 0 N–H and O–H groups in total. The summed E-state index contributed by atoms with van der Waals surface area (Å²) in [6, 6.07) is 0. The highest BCUT2D eigenvalue weighted by Crippen LogP contribution is 2.14. The molecule has 0 atom stereocenters. The van der Waals surface area contributed by atoms with E-state index in [1.54, 1.807) is 7.11 Å². The zero-order valence-corrected chi connectivity index (χ0v) is 9.97. The molecule has 86 valence electrons. The van der Waals surface area contributed by atoms with Crippen LogP contribution in [0, 0.1) is 0 Å². The molecule has 3 heteroatoms. The summed E-state index contributed by atoms with van der Waals surface area (Å²) in [5.41, 5.74) is 0. The van der Waals surface area contributed by atoms with Crippen molar-refractivity contribution in [3.05, 3.63) is 0 Å². The minimum Gasteiger partial charge on any atom is -0.331 e. The van der Waals surface area contributed by atoms with Gasteiger partial charge in [-0.25, -0.2) is 0 Å². The summed E-state index contributed by atoms with van der Waals surface area (Å²) in [7, 11) is 1.61. The van der Waals surface area contributed by atoms with E-state index in [4.69, 9.17) is 14.2 Å². The van der Waals surface area contributed by atoms with Crippen LogP contribution in [0.2, 0.25) is 0 Å². The van der Waals surface area contributed by atoms with Crippen molar-refractivity contribution in [3.63, 3.8) is 0 Å². The van der Waals surface area contributed by atoms with Crippen LogP contribution in [0.4, 0.5) is 0 Å². The van der Waals surface area contributed by atoms with Crippen molar-refractivity contribution in [1.82, 2.24) is 0 Å². The molecule has 0 aliphatic carbocycles. The summed E-state index contributed by atoms with van der Waals surface area (Å²) >= 11 is 0. The predicted molar refractivity (Wildman–Crippen MR) is 57.1 cm³/mol. The van der Waals surface area contributed by atoms with Crippen LogP contribution in [0.1, 0.15) is 46.5 Å². The summed E-state index contributed by atoms with van der Waals surface area (Å²) in [6.07, 6.45) is 4.32. The van der Waals surface area contributed by atoms with Gasteiger partial charge >= 0.3 is 0 Å². The van der Waals surface area contributed by atoms with Gasteiger partial charge in [0.15, 0.2) is 0 Å². The maximum Gasteiger partial charge on any atom is 0.279 e. The van der Waals surface area contributed by atoms with Gasteiger partial charge in [0.25, 0.3) is 5.97 Å². The Morgan fingerprint density at radius 2 is 1.36 bits per heavy atom. The van der Waals surface area contributed by atoms with Crippen LogP contribution in [0.25, 0.3) is 0 Å². The standard InChI is InChI=1S/C11H24O3/c1-5-7-9-13-11(3,12-4)14-10-8-6-2/h5-10H2,1-4H3. The number of methoxy groups -OCH3 is 1. The molecule has 0 heterocycles. The van der Waals surface area contributed by atoms with Gasteiger partial charge in [0.05, 0.1) is 13.2 Å². The first-order valence-corrected chi connectivity index (χ1v) is 5.51. The molecule has 0 saturated heterocycles. The smallest absolute Gasteiger partial charge is 0.279 e. The van der Waals surface area contributed by atoms with Gasteiger partial charge in [-0.05, 0) is 12.8 Å². The lowest BCUT2D eigenvalue weighted by Crippen LogP contribution is -2.35. The van der Waals surface area contributed by atoms with E-state index in [2.05, 4.69) is 13.8 Å². The van der Waals surface area contributed by atoms with E-state index >= 15 is 0 Å². The fraction of sp³-hybridized carbons (Fsp3) is 1.00. The first-order valence-electron chi connectivity index (χ1n) is 5.51. The van der Waals surface area contributed by atoms with Crippen molar-refractivity contribution < 1.29 is 14.2 Å². The van der Waals surface area contributed by atoms with E-state index in [0.29, 0.717) is 13.2 Å². The molecule has 0 spiro atoms. The van der Waals surface area contributed by atoms with Crippen molar-refractivity contribution in [1.29, 1.82) is 0 Å². The number of unbranched alkanes of at least 4 members (excludes halogenated alkanes) is 2. The molecular weight excluding hydrogens is 180 g/mol. The SMILES string of the molecule is CCCCOC(C)(OC)OCCCC. The van der Waals surface area contributed by atoms with Gasteiger partial charge in [-0.1, -0.05) is 26.7 Å². The van der Waals surface area contributed by atoms with Crippen LogP contribution in [-0.2, 0) is 14.2 Å². The lowest BCUT2D eigenvalue weighted by molar-refractivity contribution is -0.360. The molecule has 0 saturated carbocycles. The van der Waals surface area contributed by atoms with Gasteiger partial charge in [-0.3, -0.25) is 0 Å². The second-order valence-electron chi connectivity index (χ2n) is 3.47. The van der Waals surface area contributed by atoms with E-state index in [-0.39, 0.29) is 0 Å². The van der Waals surface area contributed by atoms with Crippen LogP contribution in [0.3, 0.4) is 0 Å². The van der Waals surface area contributed by atoms with Crippen LogP contribution >= 0.6 is 0 Å². The van der Waals surface area contributed by atoms with E-state index in [1.807, 2.05) is 6.92 Å². The largest absolute Gasteiger partial charge is 0.331 e. The maximum atomic E-state index is 5.52. The quantitative estimate of drug-likeness (QED) is 0.427.